The Bertz CT molecular complexity index is 919. The monoisotopic (exact) mass is 376 g/mol. The zero-order valence-electron chi connectivity index (χ0n) is 16.2. The minimum atomic E-state index is 0.152. The molecular formula is C24H24O4. The lowest BCUT2D eigenvalue weighted by Gasteiger charge is -2.18. The van der Waals surface area contributed by atoms with Crippen molar-refractivity contribution in [1.82, 2.24) is 0 Å². The van der Waals surface area contributed by atoms with Gasteiger partial charge in [0.05, 0.1) is 6.61 Å². The lowest BCUT2D eigenvalue weighted by Crippen LogP contribution is -2.02. The molecule has 0 radical (unpaired) electrons. The summed E-state index contributed by atoms with van der Waals surface area (Å²) >= 11 is 0. The normalized spacial score (nSPS) is 13.2. The van der Waals surface area contributed by atoms with Gasteiger partial charge in [-0.1, -0.05) is 49.4 Å². The van der Waals surface area contributed by atoms with E-state index in [1.807, 2.05) is 49.4 Å². The Hall–Kier alpha value is -3.14. The van der Waals surface area contributed by atoms with Crippen molar-refractivity contribution in [2.45, 2.75) is 26.4 Å². The van der Waals surface area contributed by atoms with Crippen LogP contribution in [0, 0.1) is 0 Å². The Kier molecular flexibility index (Phi) is 5.38. The molecule has 3 aromatic rings. The van der Waals surface area contributed by atoms with Crippen molar-refractivity contribution in [2.24, 2.45) is 0 Å². The Morgan fingerprint density at radius 1 is 0.893 bits per heavy atom. The number of fused-ring (bicyclic) bond motifs is 1. The molecule has 0 spiro atoms. The van der Waals surface area contributed by atoms with Gasteiger partial charge in [0.2, 0.25) is 6.79 Å². The van der Waals surface area contributed by atoms with E-state index in [0.29, 0.717) is 13.2 Å². The van der Waals surface area contributed by atoms with E-state index in [1.54, 1.807) is 0 Å². The van der Waals surface area contributed by atoms with Crippen molar-refractivity contribution >= 4 is 0 Å². The first-order valence-electron chi connectivity index (χ1n) is 9.57. The molecule has 3 aromatic carbocycles. The fraction of sp³-hybridized carbons (Fsp3) is 0.250. The summed E-state index contributed by atoms with van der Waals surface area (Å²) in [7, 11) is 0. The highest BCUT2D eigenvalue weighted by Crippen LogP contribution is 2.42. The maximum absolute atomic E-state index is 5.89. The lowest BCUT2D eigenvalue weighted by atomic mass is 9.92. The molecule has 4 nitrogen and oxygen atoms in total. The number of benzene rings is 3. The Balaban J connectivity index is 1.51. The summed E-state index contributed by atoms with van der Waals surface area (Å²) in [5.41, 5.74) is 3.43. The van der Waals surface area contributed by atoms with Crippen molar-refractivity contribution < 1.29 is 18.9 Å². The number of rotatable bonds is 7. The second-order valence-electron chi connectivity index (χ2n) is 6.74. The van der Waals surface area contributed by atoms with E-state index in [0.717, 1.165) is 34.1 Å². The summed E-state index contributed by atoms with van der Waals surface area (Å²) in [5.74, 6) is 3.36. The van der Waals surface area contributed by atoms with E-state index in [2.05, 4.69) is 31.2 Å². The molecule has 4 rings (SSSR count). The summed E-state index contributed by atoms with van der Waals surface area (Å²) in [4.78, 5) is 0. The summed E-state index contributed by atoms with van der Waals surface area (Å²) in [6.45, 7) is 5.57. The van der Waals surface area contributed by atoms with Crippen molar-refractivity contribution in [3.8, 4) is 23.0 Å². The topological polar surface area (TPSA) is 36.9 Å². The van der Waals surface area contributed by atoms with E-state index < -0.39 is 0 Å². The summed E-state index contributed by atoms with van der Waals surface area (Å²) in [6, 6.07) is 22.4. The smallest absolute Gasteiger partial charge is 0.231 e. The standard InChI is InChI=1S/C24H24O4/c1-3-25-22-14-24-23(27-16-28-24)13-21(22)17(2)19-9-11-20(12-10-19)26-15-18-7-5-4-6-8-18/h4-14,17H,3,15-16H2,1-2H3/t17-/m1/s1. The number of hydrogen-bond acceptors (Lipinski definition) is 4. The maximum Gasteiger partial charge on any atom is 0.231 e. The molecule has 0 saturated heterocycles. The van der Waals surface area contributed by atoms with E-state index >= 15 is 0 Å². The minimum absolute atomic E-state index is 0.152. The van der Waals surface area contributed by atoms with Crippen LogP contribution < -0.4 is 18.9 Å². The van der Waals surface area contributed by atoms with Gasteiger partial charge in [-0.2, -0.15) is 0 Å². The Morgan fingerprint density at radius 3 is 2.32 bits per heavy atom. The quantitative estimate of drug-likeness (QED) is 0.542. The SMILES string of the molecule is CCOc1cc2c(cc1[C@H](C)c1ccc(OCc3ccccc3)cc1)OCO2. The second kappa shape index (κ2) is 8.26. The van der Waals surface area contributed by atoms with Gasteiger partial charge in [0.25, 0.3) is 0 Å². The molecule has 0 amide bonds. The van der Waals surface area contributed by atoms with Gasteiger partial charge < -0.3 is 18.9 Å². The third kappa shape index (κ3) is 3.91. The Morgan fingerprint density at radius 2 is 1.61 bits per heavy atom. The van der Waals surface area contributed by atoms with Gasteiger partial charge in [-0.15, -0.1) is 0 Å². The van der Waals surface area contributed by atoms with Crippen LogP contribution in [0.4, 0.5) is 0 Å². The van der Waals surface area contributed by atoms with Crippen molar-refractivity contribution in [3.63, 3.8) is 0 Å². The van der Waals surface area contributed by atoms with Gasteiger partial charge in [-0.05, 0) is 36.2 Å². The van der Waals surface area contributed by atoms with Crippen LogP contribution in [0.15, 0.2) is 66.7 Å². The van der Waals surface area contributed by atoms with Crippen LogP contribution in [-0.2, 0) is 6.61 Å². The Labute approximate surface area is 165 Å². The van der Waals surface area contributed by atoms with Crippen molar-refractivity contribution in [2.75, 3.05) is 13.4 Å². The van der Waals surface area contributed by atoms with E-state index in [-0.39, 0.29) is 12.7 Å². The number of ether oxygens (including phenoxy) is 4. The molecule has 0 aromatic heterocycles. The highest BCUT2D eigenvalue weighted by atomic mass is 16.7. The maximum atomic E-state index is 5.89. The van der Waals surface area contributed by atoms with Crippen LogP contribution in [0.1, 0.15) is 36.5 Å². The van der Waals surface area contributed by atoms with Crippen LogP contribution in [0.5, 0.6) is 23.0 Å². The van der Waals surface area contributed by atoms with Crippen molar-refractivity contribution in [3.05, 3.63) is 83.4 Å². The summed E-state index contributed by atoms with van der Waals surface area (Å²) in [5, 5.41) is 0. The van der Waals surface area contributed by atoms with Crippen LogP contribution in [0.3, 0.4) is 0 Å². The highest BCUT2D eigenvalue weighted by Gasteiger charge is 2.22. The lowest BCUT2D eigenvalue weighted by molar-refractivity contribution is 0.173. The van der Waals surface area contributed by atoms with Gasteiger partial charge in [-0.3, -0.25) is 0 Å². The molecule has 4 heteroatoms. The molecule has 0 saturated carbocycles. The molecule has 0 bridgehead atoms. The molecule has 0 fully saturated rings. The molecule has 144 valence electrons. The largest absolute Gasteiger partial charge is 0.493 e. The molecule has 0 unspecified atom stereocenters. The first-order valence-corrected chi connectivity index (χ1v) is 9.57. The van der Waals surface area contributed by atoms with Gasteiger partial charge in [0.1, 0.15) is 18.1 Å². The predicted octanol–water partition coefficient (Wildman–Crippen LogP) is 5.54. The average molecular weight is 376 g/mol. The molecule has 0 N–H and O–H groups in total. The summed E-state index contributed by atoms with van der Waals surface area (Å²) < 4.78 is 22.8. The van der Waals surface area contributed by atoms with Gasteiger partial charge in [0.15, 0.2) is 11.5 Å². The molecular weight excluding hydrogens is 352 g/mol. The second-order valence-corrected chi connectivity index (χ2v) is 6.74. The summed E-state index contributed by atoms with van der Waals surface area (Å²) in [6.07, 6.45) is 0. The zero-order valence-corrected chi connectivity index (χ0v) is 16.2. The molecule has 1 heterocycles. The minimum Gasteiger partial charge on any atom is -0.493 e. The fourth-order valence-corrected chi connectivity index (χ4v) is 3.33. The fourth-order valence-electron chi connectivity index (χ4n) is 3.33. The van der Waals surface area contributed by atoms with Gasteiger partial charge in [0, 0.05) is 17.5 Å². The third-order valence-electron chi connectivity index (χ3n) is 4.90. The molecule has 0 aliphatic carbocycles. The molecule has 1 aliphatic rings. The molecule has 28 heavy (non-hydrogen) atoms. The van der Waals surface area contributed by atoms with Crippen LogP contribution in [-0.4, -0.2) is 13.4 Å². The zero-order chi connectivity index (χ0) is 19.3. The van der Waals surface area contributed by atoms with E-state index in [4.69, 9.17) is 18.9 Å². The van der Waals surface area contributed by atoms with Gasteiger partial charge in [-0.25, -0.2) is 0 Å². The first-order chi connectivity index (χ1) is 13.7. The van der Waals surface area contributed by atoms with E-state index in [1.165, 1.54) is 5.56 Å². The van der Waals surface area contributed by atoms with Crippen LogP contribution in [0.2, 0.25) is 0 Å². The van der Waals surface area contributed by atoms with Crippen LogP contribution >= 0.6 is 0 Å². The van der Waals surface area contributed by atoms with Crippen molar-refractivity contribution in [1.29, 1.82) is 0 Å². The van der Waals surface area contributed by atoms with Gasteiger partial charge >= 0.3 is 0 Å². The highest BCUT2D eigenvalue weighted by molar-refractivity contribution is 5.54. The molecule has 1 atom stereocenters. The van der Waals surface area contributed by atoms with E-state index in [9.17, 15) is 0 Å². The predicted molar refractivity (Wildman–Crippen MR) is 108 cm³/mol. The third-order valence-corrected chi connectivity index (χ3v) is 4.90. The first kappa shape index (κ1) is 18.2. The molecule has 1 aliphatic heterocycles. The number of hydrogen-bond donors (Lipinski definition) is 0. The van der Waals surface area contributed by atoms with Crippen LogP contribution in [0.25, 0.3) is 0 Å². The average Bonchev–Trinajstić information content (AvgIpc) is 3.20.